The van der Waals surface area contributed by atoms with Gasteiger partial charge in [-0.15, -0.1) is 0 Å². The molecular formula is C32H42Cl2F6N4O3. The Bertz CT molecular complexity index is 1280. The van der Waals surface area contributed by atoms with Crippen molar-refractivity contribution >= 4 is 34.8 Å². The lowest BCUT2D eigenvalue weighted by atomic mass is 9.89. The van der Waals surface area contributed by atoms with Gasteiger partial charge < -0.3 is 25.5 Å². The Morgan fingerprint density at radius 3 is 2.40 bits per heavy atom. The molecule has 1 heterocycles. The van der Waals surface area contributed by atoms with Gasteiger partial charge in [0, 0.05) is 24.1 Å². The molecule has 15 heteroatoms. The maximum atomic E-state index is 13.4. The second kappa shape index (κ2) is 17.9. The van der Waals surface area contributed by atoms with Crippen molar-refractivity contribution in [2.75, 3.05) is 46.5 Å². The number of oxime groups is 1. The minimum Gasteiger partial charge on any atom is -0.399 e. The molecule has 3 N–H and O–H groups in total. The van der Waals surface area contributed by atoms with Gasteiger partial charge in [0.1, 0.15) is 7.11 Å². The van der Waals surface area contributed by atoms with Crippen LogP contribution in [-0.4, -0.2) is 81.4 Å². The van der Waals surface area contributed by atoms with E-state index in [9.17, 15) is 31.1 Å². The third-order valence-corrected chi connectivity index (χ3v) is 9.23. The zero-order valence-electron chi connectivity index (χ0n) is 26.4. The SMILES string of the molecule is CCCC(CNC1CCN(CCC(/C(COCC2=CC(C(F)(F)F)CC(C(F)(F)F)=C2)=N/OC)c2ccc(Cl)c(Cl)c2)CC1)C(N)=O. The van der Waals surface area contributed by atoms with E-state index in [-0.39, 0.29) is 30.0 Å². The van der Waals surface area contributed by atoms with Gasteiger partial charge in [-0.2, -0.15) is 26.3 Å². The Balaban J connectivity index is 1.69. The normalized spacial score (nSPS) is 20.0. The summed E-state index contributed by atoms with van der Waals surface area (Å²) in [4.78, 5) is 19.1. The number of nitrogens with zero attached hydrogens (tertiary/aromatic N) is 2. The fraction of sp³-hybridized carbons (Fsp3) is 0.625. The number of primary amides is 1. The number of amides is 1. The number of hydrogen-bond acceptors (Lipinski definition) is 6. The van der Waals surface area contributed by atoms with E-state index in [1.54, 1.807) is 18.2 Å². The predicted octanol–water partition coefficient (Wildman–Crippen LogP) is 7.44. The number of nitrogens with two attached hydrogens (primary N) is 1. The number of alkyl halides is 6. The molecule has 1 aliphatic heterocycles. The van der Waals surface area contributed by atoms with Gasteiger partial charge in [0.15, 0.2) is 0 Å². The number of benzene rings is 1. The van der Waals surface area contributed by atoms with Crippen molar-refractivity contribution in [1.82, 2.24) is 10.2 Å². The average Bonchev–Trinajstić information content (AvgIpc) is 3.00. The van der Waals surface area contributed by atoms with Gasteiger partial charge in [0.05, 0.1) is 40.8 Å². The van der Waals surface area contributed by atoms with Gasteiger partial charge in [-0.3, -0.25) is 4.79 Å². The minimum atomic E-state index is -4.89. The molecule has 7 nitrogen and oxygen atoms in total. The van der Waals surface area contributed by atoms with Gasteiger partial charge in [-0.1, -0.05) is 53.8 Å². The van der Waals surface area contributed by atoms with Gasteiger partial charge in [0.2, 0.25) is 5.91 Å². The number of rotatable bonds is 16. The van der Waals surface area contributed by atoms with E-state index < -0.39 is 42.8 Å². The van der Waals surface area contributed by atoms with Crippen LogP contribution in [0.2, 0.25) is 10.0 Å². The minimum absolute atomic E-state index is 0.200. The molecule has 264 valence electrons. The van der Waals surface area contributed by atoms with Crippen LogP contribution in [0.3, 0.4) is 0 Å². The monoisotopic (exact) mass is 714 g/mol. The number of likely N-dealkylation sites (tertiary alicyclic amines) is 1. The highest BCUT2D eigenvalue weighted by atomic mass is 35.5. The van der Waals surface area contributed by atoms with E-state index in [0.29, 0.717) is 41.3 Å². The standard InChI is InChI=1S/C32H42Cl2F6N4O3/c1-3-4-22(30(41)45)17-42-25-7-10-44(11-8-25)12-9-26(21-5-6-27(33)28(34)15-21)29(43-46-2)19-47-18-20-13-23(31(35,36)37)16-24(14-20)32(38,39)40/h5-6,13-15,22-23,25-26,42H,3-4,7-12,16-19H2,1-2H3,(H2,41,45)/b43-29+. The van der Waals surface area contributed by atoms with Crippen LogP contribution in [0.4, 0.5) is 26.3 Å². The quantitative estimate of drug-likeness (QED) is 0.106. The molecule has 3 atom stereocenters. The molecule has 0 bridgehead atoms. The van der Waals surface area contributed by atoms with Crippen LogP contribution in [0.25, 0.3) is 0 Å². The zero-order valence-corrected chi connectivity index (χ0v) is 27.9. The second-order valence-electron chi connectivity index (χ2n) is 11.9. The Labute approximate surface area is 281 Å². The van der Waals surface area contributed by atoms with E-state index in [1.165, 1.54) is 7.11 Å². The summed E-state index contributed by atoms with van der Waals surface area (Å²) in [5.74, 6) is -3.17. The Morgan fingerprint density at radius 1 is 1.13 bits per heavy atom. The molecule has 47 heavy (non-hydrogen) atoms. The summed E-state index contributed by atoms with van der Waals surface area (Å²) in [6, 6.07) is 5.37. The van der Waals surface area contributed by atoms with E-state index >= 15 is 0 Å². The van der Waals surface area contributed by atoms with Crippen LogP contribution in [0.5, 0.6) is 0 Å². The van der Waals surface area contributed by atoms with Crippen LogP contribution in [0, 0.1) is 11.8 Å². The lowest BCUT2D eigenvalue weighted by molar-refractivity contribution is -0.166. The summed E-state index contributed by atoms with van der Waals surface area (Å²) in [5.41, 5.74) is 5.19. The number of ether oxygens (including phenoxy) is 1. The number of piperidine rings is 1. The predicted molar refractivity (Wildman–Crippen MR) is 171 cm³/mol. The third kappa shape index (κ3) is 12.3. The summed E-state index contributed by atoms with van der Waals surface area (Å²) in [6.07, 6.45) is -5.51. The summed E-state index contributed by atoms with van der Waals surface area (Å²) in [5, 5.41) is 8.28. The maximum absolute atomic E-state index is 13.4. The largest absolute Gasteiger partial charge is 0.412 e. The fourth-order valence-electron chi connectivity index (χ4n) is 5.89. The smallest absolute Gasteiger partial charge is 0.399 e. The van der Waals surface area contributed by atoms with Crippen molar-refractivity contribution in [3.8, 4) is 0 Å². The average molecular weight is 716 g/mol. The van der Waals surface area contributed by atoms with Crippen molar-refractivity contribution in [3.05, 3.63) is 57.1 Å². The Morgan fingerprint density at radius 2 is 1.83 bits per heavy atom. The zero-order chi connectivity index (χ0) is 34.8. The van der Waals surface area contributed by atoms with E-state index in [2.05, 4.69) is 15.4 Å². The number of carbonyl (C=O) groups excluding carboxylic acids is 1. The highest BCUT2D eigenvalue weighted by molar-refractivity contribution is 6.42. The Hall–Kier alpha value is -2.32. The van der Waals surface area contributed by atoms with E-state index in [0.717, 1.165) is 50.4 Å². The number of allylic oxidation sites excluding steroid dienone is 2. The van der Waals surface area contributed by atoms with Gasteiger partial charge in [-0.25, -0.2) is 0 Å². The topological polar surface area (TPSA) is 89.2 Å². The number of nitrogens with one attached hydrogen (secondary N) is 1. The van der Waals surface area contributed by atoms with Gasteiger partial charge >= 0.3 is 12.4 Å². The first-order valence-electron chi connectivity index (χ1n) is 15.5. The molecule has 1 amide bonds. The highest BCUT2D eigenvalue weighted by Gasteiger charge is 2.45. The van der Waals surface area contributed by atoms with Crippen molar-refractivity contribution < 1.29 is 40.7 Å². The number of halogens is 8. The molecule has 0 spiro atoms. The lowest BCUT2D eigenvalue weighted by Crippen LogP contribution is -2.45. The van der Waals surface area contributed by atoms with Crippen molar-refractivity contribution in [3.63, 3.8) is 0 Å². The number of carbonyl (C=O) groups is 1. The highest BCUT2D eigenvalue weighted by Crippen LogP contribution is 2.41. The summed E-state index contributed by atoms with van der Waals surface area (Å²) < 4.78 is 86.1. The van der Waals surface area contributed by atoms with Crippen molar-refractivity contribution in [2.24, 2.45) is 22.7 Å². The summed E-state index contributed by atoms with van der Waals surface area (Å²) in [7, 11) is 1.34. The fourth-order valence-corrected chi connectivity index (χ4v) is 6.20. The van der Waals surface area contributed by atoms with Crippen LogP contribution >= 0.6 is 23.2 Å². The molecule has 1 aliphatic carbocycles. The molecule has 1 aromatic rings. The van der Waals surface area contributed by atoms with E-state index in [4.69, 9.17) is 38.5 Å². The van der Waals surface area contributed by atoms with E-state index in [1.807, 2.05) is 6.92 Å². The molecular weight excluding hydrogens is 673 g/mol. The first-order valence-corrected chi connectivity index (χ1v) is 16.3. The maximum Gasteiger partial charge on any atom is 0.412 e. The van der Waals surface area contributed by atoms with Crippen LogP contribution in [0.1, 0.15) is 56.9 Å². The first kappa shape index (κ1) is 39.1. The number of hydrogen-bond donors (Lipinski definition) is 2. The Kier molecular flexibility index (Phi) is 14.9. The summed E-state index contributed by atoms with van der Waals surface area (Å²) >= 11 is 12.5. The van der Waals surface area contributed by atoms with Crippen LogP contribution in [0.15, 0.2) is 46.7 Å². The molecule has 1 aromatic carbocycles. The van der Waals surface area contributed by atoms with Crippen molar-refractivity contribution in [1.29, 1.82) is 0 Å². The molecule has 3 rings (SSSR count). The lowest BCUT2D eigenvalue weighted by Gasteiger charge is -2.34. The molecule has 2 aliphatic rings. The molecule has 1 fully saturated rings. The molecule has 3 unspecified atom stereocenters. The molecule has 0 saturated carbocycles. The molecule has 1 saturated heterocycles. The first-order chi connectivity index (χ1) is 22.1. The van der Waals surface area contributed by atoms with Crippen molar-refractivity contribution in [2.45, 2.75) is 69.8 Å². The molecule has 0 aromatic heterocycles. The van der Waals surface area contributed by atoms with Crippen LogP contribution in [-0.2, 0) is 14.4 Å². The molecule has 0 radical (unpaired) electrons. The van der Waals surface area contributed by atoms with Crippen LogP contribution < -0.4 is 11.1 Å². The van der Waals surface area contributed by atoms with Gasteiger partial charge in [-0.05, 0) is 81.1 Å². The second-order valence-corrected chi connectivity index (χ2v) is 12.8. The van der Waals surface area contributed by atoms with Gasteiger partial charge in [0.25, 0.3) is 0 Å². The summed E-state index contributed by atoms with van der Waals surface area (Å²) in [6.45, 7) is 4.11. The third-order valence-electron chi connectivity index (χ3n) is 8.49.